The van der Waals surface area contributed by atoms with Gasteiger partial charge in [-0.15, -0.1) is 0 Å². The molecule has 3 atom stereocenters. The minimum atomic E-state index is -4.65. The molecule has 9 heteroatoms. The van der Waals surface area contributed by atoms with Gasteiger partial charge in [0, 0.05) is 6.04 Å². The van der Waals surface area contributed by atoms with Crippen molar-refractivity contribution in [1.29, 1.82) is 0 Å². The highest BCUT2D eigenvalue weighted by Crippen LogP contribution is 2.30. The second-order valence-corrected chi connectivity index (χ2v) is 8.46. The Bertz CT molecular complexity index is 750. The van der Waals surface area contributed by atoms with Crippen LogP contribution in [0.1, 0.15) is 45.1 Å². The molecule has 2 rings (SSSR count). The highest BCUT2D eigenvalue weighted by atomic mass is 32.2. The first kappa shape index (κ1) is 20.7. The van der Waals surface area contributed by atoms with E-state index in [2.05, 4.69) is 10.0 Å². The van der Waals surface area contributed by atoms with Crippen LogP contribution in [0.4, 0.5) is 13.2 Å². The van der Waals surface area contributed by atoms with Crippen molar-refractivity contribution in [1.82, 2.24) is 10.0 Å². The number of benzene rings is 1. The predicted octanol–water partition coefficient (Wildman–Crippen LogP) is 3.07. The summed E-state index contributed by atoms with van der Waals surface area (Å²) in [6, 6.07) is 2.31. The second-order valence-electron chi connectivity index (χ2n) is 6.75. The van der Waals surface area contributed by atoms with E-state index in [1.807, 2.05) is 6.92 Å². The Morgan fingerprint density at radius 1 is 1.23 bits per heavy atom. The maximum absolute atomic E-state index is 12.8. The van der Waals surface area contributed by atoms with Crippen molar-refractivity contribution in [2.45, 2.75) is 62.7 Å². The fourth-order valence-corrected chi connectivity index (χ4v) is 4.28. The SMILES string of the molecule is CC(NS(=O)(=O)c1cccc(C(F)(F)F)c1)C(=O)NC1CCCCC1C. The van der Waals surface area contributed by atoms with Crippen LogP contribution in [0.2, 0.25) is 0 Å². The number of amides is 1. The van der Waals surface area contributed by atoms with E-state index in [-0.39, 0.29) is 6.04 Å². The number of nitrogens with one attached hydrogen (secondary N) is 2. The molecule has 0 bridgehead atoms. The van der Waals surface area contributed by atoms with Gasteiger partial charge in [-0.25, -0.2) is 8.42 Å². The fraction of sp³-hybridized carbons (Fsp3) is 0.588. The normalized spacial score (nSPS) is 22.7. The summed E-state index contributed by atoms with van der Waals surface area (Å²) in [7, 11) is -4.25. The zero-order valence-corrected chi connectivity index (χ0v) is 15.5. The molecular weight excluding hydrogens is 369 g/mol. The molecule has 1 aliphatic rings. The third kappa shape index (κ3) is 5.20. The maximum Gasteiger partial charge on any atom is 0.416 e. The van der Waals surface area contributed by atoms with Crippen molar-refractivity contribution in [2.24, 2.45) is 5.92 Å². The maximum atomic E-state index is 12.8. The minimum absolute atomic E-state index is 0.0169. The quantitative estimate of drug-likeness (QED) is 0.809. The van der Waals surface area contributed by atoms with Gasteiger partial charge in [0.15, 0.2) is 0 Å². The molecule has 3 unspecified atom stereocenters. The number of hydrogen-bond acceptors (Lipinski definition) is 3. The molecule has 1 amide bonds. The lowest BCUT2D eigenvalue weighted by atomic mass is 9.86. The Kier molecular flexibility index (Phi) is 6.33. The summed E-state index contributed by atoms with van der Waals surface area (Å²) in [5.41, 5.74) is -1.06. The van der Waals surface area contributed by atoms with Crippen LogP contribution in [-0.4, -0.2) is 26.4 Å². The van der Waals surface area contributed by atoms with Crippen molar-refractivity contribution in [2.75, 3.05) is 0 Å². The van der Waals surface area contributed by atoms with Crippen molar-refractivity contribution in [3.8, 4) is 0 Å². The summed E-state index contributed by atoms with van der Waals surface area (Å²) >= 11 is 0. The molecule has 0 aromatic heterocycles. The summed E-state index contributed by atoms with van der Waals surface area (Å²) in [4.78, 5) is 11.7. The predicted molar refractivity (Wildman–Crippen MR) is 90.8 cm³/mol. The number of sulfonamides is 1. The Labute approximate surface area is 151 Å². The average molecular weight is 392 g/mol. The summed E-state index contributed by atoms with van der Waals surface area (Å²) in [6.45, 7) is 3.40. The Morgan fingerprint density at radius 3 is 2.50 bits per heavy atom. The van der Waals surface area contributed by atoms with Crippen molar-refractivity contribution in [3.05, 3.63) is 29.8 Å². The lowest BCUT2D eigenvalue weighted by molar-refractivity contribution is -0.137. The molecule has 1 saturated carbocycles. The number of alkyl halides is 3. The molecule has 2 N–H and O–H groups in total. The van der Waals surface area contributed by atoms with Gasteiger partial charge in [0.25, 0.3) is 0 Å². The van der Waals surface area contributed by atoms with Crippen molar-refractivity contribution < 1.29 is 26.4 Å². The highest BCUT2D eigenvalue weighted by Gasteiger charge is 2.32. The molecule has 0 saturated heterocycles. The summed E-state index contributed by atoms with van der Waals surface area (Å²) in [5.74, 6) is -0.181. The zero-order chi connectivity index (χ0) is 19.5. The standard InChI is InChI=1S/C17H23F3N2O3S/c1-11-6-3-4-9-15(11)21-16(23)12(2)22-26(24,25)14-8-5-7-13(10-14)17(18,19)20/h5,7-8,10-12,15,22H,3-4,6,9H2,1-2H3,(H,21,23). The molecular formula is C17H23F3N2O3S. The van der Waals surface area contributed by atoms with Crippen LogP contribution in [0.15, 0.2) is 29.2 Å². The molecule has 1 aromatic rings. The van der Waals surface area contributed by atoms with Gasteiger partial charge in [-0.1, -0.05) is 25.8 Å². The van der Waals surface area contributed by atoms with Crippen LogP contribution in [0.5, 0.6) is 0 Å². The molecule has 1 fully saturated rings. The molecule has 146 valence electrons. The van der Waals surface area contributed by atoms with Crippen LogP contribution in [0.3, 0.4) is 0 Å². The molecule has 0 aliphatic heterocycles. The number of hydrogen-bond donors (Lipinski definition) is 2. The van der Waals surface area contributed by atoms with E-state index in [0.29, 0.717) is 12.0 Å². The van der Waals surface area contributed by atoms with E-state index in [1.54, 1.807) is 0 Å². The van der Waals surface area contributed by atoms with Gasteiger partial charge in [0.05, 0.1) is 16.5 Å². The molecule has 0 heterocycles. The summed E-state index contributed by atoms with van der Waals surface area (Å²) in [6.07, 6.45) is -0.716. The van der Waals surface area contributed by atoms with Gasteiger partial charge < -0.3 is 5.32 Å². The van der Waals surface area contributed by atoms with Crippen molar-refractivity contribution in [3.63, 3.8) is 0 Å². The van der Waals surface area contributed by atoms with Crippen LogP contribution in [0.25, 0.3) is 0 Å². The molecule has 0 spiro atoms. The molecule has 1 aromatic carbocycles. The smallest absolute Gasteiger partial charge is 0.352 e. The molecule has 0 radical (unpaired) electrons. The van der Waals surface area contributed by atoms with E-state index >= 15 is 0 Å². The first-order valence-corrected chi connectivity index (χ1v) is 9.99. The fourth-order valence-electron chi connectivity index (χ4n) is 3.03. The van der Waals surface area contributed by atoms with Gasteiger partial charge >= 0.3 is 6.18 Å². The first-order chi connectivity index (χ1) is 12.0. The molecule has 1 aliphatic carbocycles. The lowest BCUT2D eigenvalue weighted by Gasteiger charge is -2.30. The van der Waals surface area contributed by atoms with E-state index < -0.39 is 38.6 Å². The largest absolute Gasteiger partial charge is 0.416 e. The third-order valence-electron chi connectivity index (χ3n) is 4.64. The van der Waals surface area contributed by atoms with Crippen LogP contribution < -0.4 is 10.0 Å². The van der Waals surface area contributed by atoms with Crippen molar-refractivity contribution >= 4 is 15.9 Å². The number of halogens is 3. The van der Waals surface area contributed by atoms with Crippen LogP contribution in [-0.2, 0) is 21.0 Å². The van der Waals surface area contributed by atoms with E-state index in [1.165, 1.54) is 6.92 Å². The Balaban J connectivity index is 2.07. The number of carbonyl (C=O) groups is 1. The van der Waals surface area contributed by atoms with Crippen LogP contribution in [0, 0.1) is 5.92 Å². The summed E-state index contributed by atoms with van der Waals surface area (Å²) < 4.78 is 65.1. The second kappa shape index (κ2) is 7.96. The average Bonchev–Trinajstić information content (AvgIpc) is 2.56. The van der Waals surface area contributed by atoms with E-state index in [4.69, 9.17) is 0 Å². The zero-order valence-electron chi connectivity index (χ0n) is 14.6. The lowest BCUT2D eigenvalue weighted by Crippen LogP contribution is -2.50. The van der Waals surface area contributed by atoms with Gasteiger partial charge in [-0.3, -0.25) is 4.79 Å². The third-order valence-corrected chi connectivity index (χ3v) is 6.17. The topological polar surface area (TPSA) is 75.3 Å². The molecule has 5 nitrogen and oxygen atoms in total. The van der Waals surface area contributed by atoms with Gasteiger partial charge in [-0.2, -0.15) is 17.9 Å². The minimum Gasteiger partial charge on any atom is -0.352 e. The molecule has 26 heavy (non-hydrogen) atoms. The Hall–Kier alpha value is -1.61. The Morgan fingerprint density at radius 2 is 1.88 bits per heavy atom. The van der Waals surface area contributed by atoms with Crippen LogP contribution >= 0.6 is 0 Å². The van der Waals surface area contributed by atoms with Gasteiger partial charge in [0.1, 0.15) is 0 Å². The first-order valence-electron chi connectivity index (χ1n) is 8.50. The number of carbonyl (C=O) groups excluding carboxylic acids is 1. The van der Waals surface area contributed by atoms with E-state index in [0.717, 1.165) is 43.9 Å². The van der Waals surface area contributed by atoms with E-state index in [9.17, 15) is 26.4 Å². The summed E-state index contributed by atoms with van der Waals surface area (Å²) in [5, 5.41) is 2.83. The van der Waals surface area contributed by atoms with Gasteiger partial charge in [0.2, 0.25) is 15.9 Å². The number of rotatable bonds is 5. The monoisotopic (exact) mass is 392 g/mol. The van der Waals surface area contributed by atoms with Gasteiger partial charge in [-0.05, 0) is 43.9 Å². The highest BCUT2D eigenvalue weighted by molar-refractivity contribution is 7.89.